The zero-order chi connectivity index (χ0) is 23.1. The van der Waals surface area contributed by atoms with Gasteiger partial charge in [-0.2, -0.15) is 0 Å². The van der Waals surface area contributed by atoms with Gasteiger partial charge in [-0.1, -0.05) is 6.08 Å². The molecule has 2 aromatic rings. The van der Waals surface area contributed by atoms with Crippen molar-refractivity contribution in [1.82, 2.24) is 9.88 Å². The van der Waals surface area contributed by atoms with E-state index in [4.69, 9.17) is 15.9 Å². The highest BCUT2D eigenvalue weighted by atomic mass is 32.2. The van der Waals surface area contributed by atoms with E-state index in [1.807, 2.05) is 12.1 Å². The number of rotatable bonds is 5. The van der Waals surface area contributed by atoms with Crippen LogP contribution in [0.2, 0.25) is 0 Å². The number of ether oxygens (including phenoxy) is 1. The summed E-state index contributed by atoms with van der Waals surface area (Å²) in [7, 11) is 0.977. The number of hydrogen-bond donors (Lipinski definition) is 2. The standard InChI is InChI=1S/C26H32N4O2S/c1-16-9-24(27)23(26(28)17-3-6-29-25(12-17)32-2)13-22(16)18-10-19-14-30(15-20(19)11-18)21-4-7-33(31)8-5-21/h3,6,9-10,12-13,19-21,28H,4-5,7-8,11,14-15,27H2,1-2H3/t19-,20+,21?,33?/m1/s1. The van der Waals surface area contributed by atoms with Crippen LogP contribution >= 0.6 is 0 Å². The van der Waals surface area contributed by atoms with Crippen molar-refractivity contribution >= 4 is 27.8 Å². The predicted molar refractivity (Wildman–Crippen MR) is 134 cm³/mol. The lowest BCUT2D eigenvalue weighted by molar-refractivity contribution is 0.218. The van der Waals surface area contributed by atoms with Crippen LogP contribution in [0.15, 0.2) is 36.5 Å². The third-order valence-corrected chi connectivity index (χ3v) is 8.92. The van der Waals surface area contributed by atoms with Crippen LogP contribution in [0.5, 0.6) is 5.88 Å². The lowest BCUT2D eigenvalue weighted by Gasteiger charge is -2.31. The van der Waals surface area contributed by atoms with Crippen LogP contribution in [-0.2, 0) is 10.8 Å². The second-order valence-electron chi connectivity index (χ2n) is 9.57. The third-order valence-electron chi connectivity index (χ3n) is 7.54. The number of nitrogens with one attached hydrogen (secondary N) is 1. The monoisotopic (exact) mass is 464 g/mol. The second-order valence-corrected chi connectivity index (χ2v) is 11.3. The molecule has 3 aliphatic rings. The minimum atomic E-state index is -0.600. The van der Waals surface area contributed by atoms with Crippen LogP contribution in [0.25, 0.3) is 5.57 Å². The number of nitrogens with zero attached hydrogens (tertiary/aromatic N) is 2. The van der Waals surface area contributed by atoms with E-state index in [0.29, 0.717) is 35.2 Å². The maximum atomic E-state index is 11.7. The summed E-state index contributed by atoms with van der Waals surface area (Å²) in [6.07, 6.45) is 7.34. The average molecular weight is 465 g/mol. The van der Waals surface area contributed by atoms with E-state index < -0.39 is 10.8 Å². The number of nitrogen functional groups attached to an aromatic ring is 1. The summed E-state index contributed by atoms with van der Waals surface area (Å²) in [5.74, 6) is 3.44. The van der Waals surface area contributed by atoms with E-state index in [2.05, 4.69) is 29.0 Å². The van der Waals surface area contributed by atoms with Gasteiger partial charge in [-0.3, -0.25) is 14.5 Å². The highest BCUT2D eigenvalue weighted by Crippen LogP contribution is 2.43. The number of benzene rings is 1. The van der Waals surface area contributed by atoms with Crippen LogP contribution in [0.1, 0.15) is 41.5 Å². The Morgan fingerprint density at radius 1 is 1.24 bits per heavy atom. The lowest BCUT2D eigenvalue weighted by atomic mass is 9.91. The van der Waals surface area contributed by atoms with E-state index >= 15 is 0 Å². The van der Waals surface area contributed by atoms with Crippen molar-refractivity contribution in [2.24, 2.45) is 11.8 Å². The van der Waals surface area contributed by atoms with E-state index in [9.17, 15) is 4.21 Å². The van der Waals surface area contributed by atoms with Crippen molar-refractivity contribution in [3.05, 3.63) is 58.8 Å². The highest BCUT2D eigenvalue weighted by Gasteiger charge is 2.39. The molecule has 0 bridgehead atoms. The zero-order valence-corrected chi connectivity index (χ0v) is 20.2. The van der Waals surface area contributed by atoms with Crippen LogP contribution < -0.4 is 10.5 Å². The number of nitrogens with two attached hydrogens (primary N) is 1. The normalized spacial score (nSPS) is 27.3. The summed E-state index contributed by atoms with van der Waals surface area (Å²) in [5, 5.41) is 8.79. The van der Waals surface area contributed by atoms with Gasteiger partial charge in [0.1, 0.15) is 0 Å². The SMILES string of the molecule is COc1cc(C(=N)c2cc(C3=C[C@@H]4CN(C5CCS(=O)CC5)C[C@@H]4C3)c(C)cc2N)ccn1. The van der Waals surface area contributed by atoms with Gasteiger partial charge < -0.3 is 10.5 Å². The molecule has 2 atom stereocenters. The average Bonchev–Trinajstić information content (AvgIpc) is 3.39. The molecule has 5 rings (SSSR count). The van der Waals surface area contributed by atoms with Gasteiger partial charge in [-0.05, 0) is 72.9 Å². The van der Waals surface area contributed by atoms with Crippen LogP contribution in [0.3, 0.4) is 0 Å². The molecular weight excluding hydrogens is 432 g/mol. The summed E-state index contributed by atoms with van der Waals surface area (Å²) in [6, 6.07) is 8.30. The first-order valence-electron chi connectivity index (χ1n) is 11.7. The number of allylic oxidation sites excluding steroid dienone is 1. The first-order chi connectivity index (χ1) is 15.9. The maximum Gasteiger partial charge on any atom is 0.213 e. The lowest BCUT2D eigenvalue weighted by Crippen LogP contribution is -2.39. The van der Waals surface area contributed by atoms with Gasteiger partial charge >= 0.3 is 0 Å². The Hall–Kier alpha value is -2.51. The third kappa shape index (κ3) is 4.36. The molecule has 1 aromatic heterocycles. The van der Waals surface area contributed by atoms with Gasteiger partial charge in [-0.15, -0.1) is 0 Å². The number of fused-ring (bicyclic) bond motifs is 1. The van der Waals surface area contributed by atoms with E-state index in [0.717, 1.165) is 60.5 Å². The van der Waals surface area contributed by atoms with Crippen LogP contribution in [-0.4, -0.2) is 57.6 Å². The topological polar surface area (TPSA) is 92.3 Å². The summed E-state index contributed by atoms with van der Waals surface area (Å²) < 4.78 is 17.0. The molecule has 0 amide bonds. The molecular formula is C26H32N4O2S. The molecule has 0 unspecified atom stereocenters. The number of methoxy groups -OCH3 is 1. The molecule has 7 heteroatoms. The summed E-state index contributed by atoms with van der Waals surface area (Å²) in [6.45, 7) is 4.35. The Bertz CT molecular complexity index is 1140. The van der Waals surface area contributed by atoms with E-state index in [1.54, 1.807) is 19.4 Å². The van der Waals surface area contributed by atoms with E-state index in [1.165, 1.54) is 11.1 Å². The molecule has 0 spiro atoms. The zero-order valence-electron chi connectivity index (χ0n) is 19.3. The largest absolute Gasteiger partial charge is 0.481 e. The van der Waals surface area contributed by atoms with Crippen molar-refractivity contribution in [3.63, 3.8) is 0 Å². The minimum Gasteiger partial charge on any atom is -0.481 e. The maximum absolute atomic E-state index is 11.7. The molecule has 1 aliphatic carbocycles. The number of aryl methyl sites for hydroxylation is 1. The summed E-state index contributed by atoms with van der Waals surface area (Å²) in [5.41, 5.74) is 12.6. The minimum absolute atomic E-state index is 0.383. The van der Waals surface area contributed by atoms with Gasteiger partial charge in [0.2, 0.25) is 5.88 Å². The van der Waals surface area contributed by atoms with Crippen molar-refractivity contribution < 1.29 is 8.95 Å². The molecule has 0 saturated carbocycles. The number of likely N-dealkylation sites (tertiary alicyclic amines) is 1. The van der Waals surface area contributed by atoms with Crippen molar-refractivity contribution in [2.45, 2.75) is 32.2 Å². The molecule has 174 valence electrons. The fourth-order valence-electron chi connectivity index (χ4n) is 5.71. The first-order valence-corrected chi connectivity index (χ1v) is 13.2. The molecule has 3 heterocycles. The Morgan fingerprint density at radius 3 is 2.76 bits per heavy atom. The first kappa shape index (κ1) is 22.3. The van der Waals surface area contributed by atoms with Gasteiger partial charge in [0.05, 0.1) is 12.8 Å². The van der Waals surface area contributed by atoms with Crippen molar-refractivity contribution in [2.75, 3.05) is 37.4 Å². The second kappa shape index (κ2) is 9.03. The number of hydrogen-bond acceptors (Lipinski definition) is 6. The predicted octanol–water partition coefficient (Wildman–Crippen LogP) is 3.64. The molecule has 33 heavy (non-hydrogen) atoms. The smallest absolute Gasteiger partial charge is 0.213 e. The van der Waals surface area contributed by atoms with Gasteiger partial charge in [0, 0.05) is 70.5 Å². The van der Waals surface area contributed by atoms with Crippen LogP contribution in [0, 0.1) is 24.2 Å². The Balaban J connectivity index is 1.37. The highest BCUT2D eigenvalue weighted by molar-refractivity contribution is 7.85. The molecule has 0 radical (unpaired) electrons. The van der Waals surface area contributed by atoms with Crippen molar-refractivity contribution in [3.8, 4) is 5.88 Å². The fourth-order valence-corrected chi connectivity index (χ4v) is 6.99. The quantitative estimate of drug-likeness (QED) is 0.521. The van der Waals surface area contributed by atoms with Gasteiger partial charge in [0.25, 0.3) is 0 Å². The number of pyridine rings is 1. The van der Waals surface area contributed by atoms with E-state index in [-0.39, 0.29) is 0 Å². The molecule has 1 aromatic carbocycles. The molecule has 2 fully saturated rings. The number of aromatic nitrogens is 1. The Morgan fingerprint density at radius 2 is 2.03 bits per heavy atom. The van der Waals surface area contributed by atoms with Crippen molar-refractivity contribution in [1.29, 1.82) is 5.41 Å². The number of anilines is 1. The Kier molecular flexibility index (Phi) is 6.10. The van der Waals surface area contributed by atoms with Gasteiger partial charge in [-0.25, -0.2) is 4.98 Å². The van der Waals surface area contributed by atoms with Gasteiger partial charge in [0.15, 0.2) is 0 Å². The molecule has 2 aliphatic heterocycles. The fraction of sp³-hybridized carbons (Fsp3) is 0.462. The molecule has 3 N–H and O–H groups in total. The van der Waals surface area contributed by atoms with Crippen LogP contribution in [0.4, 0.5) is 5.69 Å². The summed E-state index contributed by atoms with van der Waals surface area (Å²) >= 11 is 0. The molecule has 2 saturated heterocycles. The summed E-state index contributed by atoms with van der Waals surface area (Å²) in [4.78, 5) is 6.79. The molecule has 6 nitrogen and oxygen atoms in total. The Labute approximate surface area is 198 Å².